The Hall–Kier alpha value is -0.580. The van der Waals surface area contributed by atoms with Gasteiger partial charge in [0.05, 0.1) is 6.42 Å². The third-order valence-electron chi connectivity index (χ3n) is 3.85. The lowest BCUT2D eigenvalue weighted by molar-refractivity contribution is -0.132. The molecule has 18 heavy (non-hydrogen) atoms. The second-order valence-corrected chi connectivity index (χ2v) is 5.97. The summed E-state index contributed by atoms with van der Waals surface area (Å²) in [5.74, 6) is 0.323. The number of carbonyl (C=O) groups is 1. The van der Waals surface area contributed by atoms with Crippen LogP contribution in [-0.4, -0.2) is 36.0 Å². The van der Waals surface area contributed by atoms with Crippen molar-refractivity contribution in [3.8, 4) is 0 Å². The fraction of sp³-hybridized carbons (Fsp3) is 0.615. The first-order chi connectivity index (χ1) is 8.34. The molecule has 3 nitrogen and oxygen atoms in total. The minimum Gasteiger partial charge on any atom is -0.335 e. The van der Waals surface area contributed by atoms with Crippen LogP contribution in [0.15, 0.2) is 17.5 Å². The fourth-order valence-electron chi connectivity index (χ4n) is 3.04. The van der Waals surface area contributed by atoms with Crippen LogP contribution in [0.5, 0.6) is 0 Å². The van der Waals surface area contributed by atoms with Gasteiger partial charge in [-0.1, -0.05) is 6.07 Å². The van der Waals surface area contributed by atoms with Gasteiger partial charge in [0.1, 0.15) is 0 Å². The van der Waals surface area contributed by atoms with E-state index in [0.29, 0.717) is 24.4 Å². The molecule has 1 amide bonds. The quantitative estimate of drug-likeness (QED) is 0.903. The molecule has 0 aromatic carbocycles. The zero-order chi connectivity index (χ0) is 11.7. The Morgan fingerprint density at radius 3 is 3.00 bits per heavy atom. The number of rotatable bonds is 2. The second kappa shape index (κ2) is 6.04. The number of hydrogen-bond acceptors (Lipinski definition) is 3. The van der Waals surface area contributed by atoms with Crippen molar-refractivity contribution in [3.05, 3.63) is 22.4 Å². The van der Waals surface area contributed by atoms with Crippen molar-refractivity contribution in [2.75, 3.05) is 13.1 Å². The SMILES string of the molecule is Cl.O=C(Cc1cccs1)N1C2CCNCC1CC2. The molecule has 2 atom stereocenters. The highest BCUT2D eigenvalue weighted by atomic mass is 35.5. The lowest BCUT2D eigenvalue weighted by Crippen LogP contribution is -2.43. The number of fused-ring (bicyclic) bond motifs is 2. The Labute approximate surface area is 118 Å². The summed E-state index contributed by atoms with van der Waals surface area (Å²) in [5, 5.41) is 5.47. The van der Waals surface area contributed by atoms with Gasteiger partial charge < -0.3 is 10.2 Å². The molecule has 0 spiro atoms. The van der Waals surface area contributed by atoms with Gasteiger partial charge in [-0.2, -0.15) is 0 Å². The summed E-state index contributed by atoms with van der Waals surface area (Å²) in [7, 11) is 0. The van der Waals surface area contributed by atoms with Crippen LogP contribution < -0.4 is 5.32 Å². The number of hydrogen-bond donors (Lipinski definition) is 1. The van der Waals surface area contributed by atoms with E-state index in [-0.39, 0.29) is 12.4 Å². The molecule has 3 rings (SSSR count). The van der Waals surface area contributed by atoms with Crippen LogP contribution in [-0.2, 0) is 11.2 Å². The number of halogens is 1. The van der Waals surface area contributed by atoms with E-state index in [1.807, 2.05) is 11.4 Å². The van der Waals surface area contributed by atoms with Crippen LogP contribution in [0.25, 0.3) is 0 Å². The molecular formula is C13H19ClN2OS. The predicted molar refractivity (Wildman–Crippen MR) is 76.4 cm³/mol. The molecule has 1 aromatic rings. The van der Waals surface area contributed by atoms with E-state index in [1.165, 1.54) is 17.7 Å². The predicted octanol–water partition coefficient (Wildman–Crippen LogP) is 2.07. The molecule has 5 heteroatoms. The van der Waals surface area contributed by atoms with Gasteiger partial charge >= 0.3 is 0 Å². The van der Waals surface area contributed by atoms with Crippen molar-refractivity contribution in [3.63, 3.8) is 0 Å². The average Bonchev–Trinajstić information content (AvgIpc) is 2.85. The van der Waals surface area contributed by atoms with Crippen molar-refractivity contribution in [2.24, 2.45) is 0 Å². The van der Waals surface area contributed by atoms with Crippen molar-refractivity contribution in [2.45, 2.75) is 37.8 Å². The van der Waals surface area contributed by atoms with E-state index in [1.54, 1.807) is 11.3 Å². The maximum atomic E-state index is 12.4. The molecule has 0 aliphatic carbocycles. The standard InChI is InChI=1S/C13H18N2OS.ClH/c16-13(8-12-2-1-7-17-12)15-10-3-4-11(15)9-14-6-5-10;/h1-2,7,10-11,14H,3-6,8-9H2;1H. The molecule has 0 radical (unpaired) electrons. The molecule has 2 saturated heterocycles. The first kappa shape index (κ1) is 13.8. The zero-order valence-electron chi connectivity index (χ0n) is 10.3. The fourth-order valence-corrected chi connectivity index (χ4v) is 3.74. The Bertz CT molecular complexity index is 382. The van der Waals surface area contributed by atoms with Crippen LogP contribution in [0.3, 0.4) is 0 Å². The van der Waals surface area contributed by atoms with Crippen molar-refractivity contribution >= 4 is 29.7 Å². The summed E-state index contributed by atoms with van der Waals surface area (Å²) in [5.41, 5.74) is 0. The zero-order valence-corrected chi connectivity index (χ0v) is 11.9. The maximum Gasteiger partial charge on any atom is 0.228 e. The Kier molecular flexibility index (Phi) is 4.65. The van der Waals surface area contributed by atoms with Crippen LogP contribution >= 0.6 is 23.7 Å². The number of thiophene rings is 1. The van der Waals surface area contributed by atoms with Gasteiger partial charge in [0.2, 0.25) is 5.91 Å². The molecule has 2 aliphatic heterocycles. The molecular weight excluding hydrogens is 268 g/mol. The molecule has 1 N–H and O–H groups in total. The van der Waals surface area contributed by atoms with Gasteiger partial charge in [-0.15, -0.1) is 23.7 Å². The lowest BCUT2D eigenvalue weighted by atomic mass is 10.1. The van der Waals surface area contributed by atoms with Gasteiger partial charge in [-0.05, 0) is 37.3 Å². The van der Waals surface area contributed by atoms with Gasteiger partial charge in [0.15, 0.2) is 0 Å². The Morgan fingerprint density at radius 2 is 2.22 bits per heavy atom. The van der Waals surface area contributed by atoms with Gasteiger partial charge in [0, 0.05) is 23.5 Å². The summed E-state index contributed by atoms with van der Waals surface area (Å²) in [4.78, 5) is 15.7. The third-order valence-corrected chi connectivity index (χ3v) is 4.72. The van der Waals surface area contributed by atoms with E-state index in [2.05, 4.69) is 16.3 Å². The van der Waals surface area contributed by atoms with Gasteiger partial charge in [-0.3, -0.25) is 4.79 Å². The largest absolute Gasteiger partial charge is 0.335 e. The van der Waals surface area contributed by atoms with Crippen LogP contribution in [0.2, 0.25) is 0 Å². The van der Waals surface area contributed by atoms with Gasteiger partial charge in [-0.25, -0.2) is 0 Å². The lowest BCUT2D eigenvalue weighted by Gasteiger charge is -2.27. The summed E-state index contributed by atoms with van der Waals surface area (Å²) in [6.45, 7) is 2.04. The maximum absolute atomic E-state index is 12.4. The second-order valence-electron chi connectivity index (χ2n) is 4.93. The van der Waals surface area contributed by atoms with E-state index in [0.717, 1.165) is 19.5 Å². The first-order valence-electron chi connectivity index (χ1n) is 6.39. The minimum atomic E-state index is 0. The molecule has 3 heterocycles. The van der Waals surface area contributed by atoms with Gasteiger partial charge in [0.25, 0.3) is 0 Å². The van der Waals surface area contributed by atoms with Crippen molar-refractivity contribution in [1.82, 2.24) is 10.2 Å². The minimum absolute atomic E-state index is 0. The summed E-state index contributed by atoms with van der Waals surface area (Å²) < 4.78 is 0. The molecule has 1 aromatic heterocycles. The number of carbonyl (C=O) groups excluding carboxylic acids is 1. The average molecular weight is 287 g/mol. The monoisotopic (exact) mass is 286 g/mol. The van der Waals surface area contributed by atoms with E-state index < -0.39 is 0 Å². The first-order valence-corrected chi connectivity index (χ1v) is 7.27. The topological polar surface area (TPSA) is 32.3 Å². The van der Waals surface area contributed by atoms with Crippen molar-refractivity contribution < 1.29 is 4.79 Å². The Morgan fingerprint density at radius 1 is 1.39 bits per heavy atom. The van der Waals surface area contributed by atoms with Crippen LogP contribution in [0, 0.1) is 0 Å². The third kappa shape index (κ3) is 2.71. The normalized spacial score (nSPS) is 26.6. The highest BCUT2D eigenvalue weighted by molar-refractivity contribution is 7.10. The number of nitrogens with zero attached hydrogens (tertiary/aromatic N) is 1. The molecule has 0 saturated carbocycles. The summed E-state index contributed by atoms with van der Waals surface area (Å²) in [6.07, 6.45) is 4.08. The van der Waals surface area contributed by atoms with E-state index in [9.17, 15) is 4.79 Å². The summed E-state index contributed by atoms with van der Waals surface area (Å²) >= 11 is 1.68. The number of nitrogens with one attached hydrogen (secondary N) is 1. The molecule has 100 valence electrons. The molecule has 2 unspecified atom stereocenters. The van der Waals surface area contributed by atoms with E-state index in [4.69, 9.17) is 0 Å². The highest BCUT2D eigenvalue weighted by Gasteiger charge is 2.37. The van der Waals surface area contributed by atoms with Crippen LogP contribution in [0.1, 0.15) is 24.1 Å². The summed E-state index contributed by atoms with van der Waals surface area (Å²) in [6, 6.07) is 5.00. The smallest absolute Gasteiger partial charge is 0.228 e. The molecule has 2 fully saturated rings. The van der Waals surface area contributed by atoms with E-state index >= 15 is 0 Å². The molecule has 2 aliphatic rings. The highest BCUT2D eigenvalue weighted by Crippen LogP contribution is 2.28. The molecule has 2 bridgehead atoms. The van der Waals surface area contributed by atoms with Crippen molar-refractivity contribution in [1.29, 1.82) is 0 Å². The Balaban J connectivity index is 0.00000120. The number of amides is 1. The van der Waals surface area contributed by atoms with Crippen LogP contribution in [0.4, 0.5) is 0 Å².